The fourth-order valence-corrected chi connectivity index (χ4v) is 1.69. The summed E-state index contributed by atoms with van der Waals surface area (Å²) in [5.41, 5.74) is -0.170. The van der Waals surface area contributed by atoms with Crippen LogP contribution in [0.15, 0.2) is 30.3 Å². The summed E-state index contributed by atoms with van der Waals surface area (Å²) in [7, 11) is 1.57. The summed E-state index contributed by atoms with van der Waals surface area (Å²) in [4.78, 5) is 14.4. The Morgan fingerprint density at radius 1 is 1.38 bits per heavy atom. The molecule has 2 rings (SSSR count). The monoisotopic (exact) mass is 287 g/mol. The van der Waals surface area contributed by atoms with E-state index >= 15 is 0 Å². The van der Waals surface area contributed by atoms with E-state index in [0.29, 0.717) is 0 Å². The second-order valence-corrected chi connectivity index (χ2v) is 4.00. The minimum Gasteiger partial charge on any atom is -0.373 e. The minimum atomic E-state index is -0.679. The zero-order chi connectivity index (χ0) is 15.4. The van der Waals surface area contributed by atoms with Gasteiger partial charge in [0.1, 0.15) is 29.1 Å². The molecule has 1 heterocycles. The van der Waals surface area contributed by atoms with Crippen LogP contribution in [0.25, 0.3) is 0 Å². The Balaban J connectivity index is 2.45. The summed E-state index contributed by atoms with van der Waals surface area (Å²) in [6.07, 6.45) is 0. The predicted molar refractivity (Wildman–Crippen MR) is 74.8 cm³/mol. The number of nitriles is 1. The molecule has 8 heteroatoms. The van der Waals surface area contributed by atoms with E-state index in [-0.39, 0.29) is 28.6 Å². The summed E-state index contributed by atoms with van der Waals surface area (Å²) >= 11 is 0. The van der Waals surface area contributed by atoms with Crippen molar-refractivity contribution in [3.05, 3.63) is 51.8 Å². The Morgan fingerprint density at radius 3 is 2.71 bits per heavy atom. The largest absolute Gasteiger partial charge is 0.373 e. The summed E-state index contributed by atoms with van der Waals surface area (Å²) in [6, 6.07) is 8.27. The number of pyridine rings is 1. The Labute approximate surface area is 119 Å². The molecule has 0 bridgehead atoms. The molecule has 2 aromatic rings. The van der Waals surface area contributed by atoms with E-state index in [1.54, 1.807) is 13.1 Å². The van der Waals surface area contributed by atoms with Gasteiger partial charge < -0.3 is 10.6 Å². The molecule has 0 saturated carbocycles. The van der Waals surface area contributed by atoms with E-state index in [9.17, 15) is 14.5 Å². The SMILES string of the molecule is CNc1cc([N+](=O)[O-])cc(Nc2cccc(F)c2C#N)n1. The van der Waals surface area contributed by atoms with Crippen molar-refractivity contribution >= 4 is 23.0 Å². The van der Waals surface area contributed by atoms with Gasteiger partial charge in [-0.25, -0.2) is 9.37 Å². The zero-order valence-electron chi connectivity index (χ0n) is 10.9. The molecule has 1 aromatic heterocycles. The molecule has 0 atom stereocenters. The van der Waals surface area contributed by atoms with Gasteiger partial charge in [-0.1, -0.05) is 6.07 Å². The lowest BCUT2D eigenvalue weighted by Gasteiger charge is -2.09. The fourth-order valence-electron chi connectivity index (χ4n) is 1.69. The zero-order valence-corrected chi connectivity index (χ0v) is 10.9. The van der Waals surface area contributed by atoms with Crippen LogP contribution in [0.1, 0.15) is 5.56 Å². The van der Waals surface area contributed by atoms with Crippen LogP contribution in [0.2, 0.25) is 0 Å². The number of halogens is 1. The third kappa shape index (κ3) is 3.03. The van der Waals surface area contributed by atoms with E-state index in [0.717, 1.165) is 6.07 Å². The number of anilines is 3. The first-order valence-electron chi connectivity index (χ1n) is 5.85. The Kier molecular flexibility index (Phi) is 3.95. The molecule has 0 aliphatic rings. The van der Waals surface area contributed by atoms with Crippen molar-refractivity contribution in [2.45, 2.75) is 0 Å². The van der Waals surface area contributed by atoms with Crippen LogP contribution in [0.5, 0.6) is 0 Å². The Morgan fingerprint density at radius 2 is 2.10 bits per heavy atom. The topological polar surface area (TPSA) is 104 Å². The van der Waals surface area contributed by atoms with Crippen molar-refractivity contribution in [3.63, 3.8) is 0 Å². The lowest BCUT2D eigenvalue weighted by atomic mass is 10.2. The molecular formula is C13H10FN5O2. The van der Waals surface area contributed by atoms with Crippen molar-refractivity contribution in [2.24, 2.45) is 0 Å². The van der Waals surface area contributed by atoms with Crippen LogP contribution in [0.3, 0.4) is 0 Å². The van der Waals surface area contributed by atoms with Crippen molar-refractivity contribution < 1.29 is 9.31 Å². The highest BCUT2D eigenvalue weighted by Gasteiger charge is 2.13. The molecule has 21 heavy (non-hydrogen) atoms. The summed E-state index contributed by atoms with van der Waals surface area (Å²) < 4.78 is 13.5. The number of hydrogen-bond acceptors (Lipinski definition) is 6. The predicted octanol–water partition coefficient (Wildman–Crippen LogP) is 2.79. The van der Waals surface area contributed by atoms with Crippen LogP contribution in [0, 0.1) is 27.3 Å². The first-order valence-corrected chi connectivity index (χ1v) is 5.85. The normalized spacial score (nSPS) is 9.76. The maximum atomic E-state index is 13.5. The van der Waals surface area contributed by atoms with Crippen LogP contribution >= 0.6 is 0 Å². The molecule has 0 aliphatic heterocycles. The number of aromatic nitrogens is 1. The number of nitrogens with zero attached hydrogens (tertiary/aromatic N) is 3. The van der Waals surface area contributed by atoms with Gasteiger partial charge >= 0.3 is 0 Å². The van der Waals surface area contributed by atoms with Gasteiger partial charge in [-0.2, -0.15) is 5.26 Å². The summed E-state index contributed by atoms with van der Waals surface area (Å²) in [5, 5.41) is 25.2. The molecular weight excluding hydrogens is 277 g/mol. The molecule has 2 N–H and O–H groups in total. The minimum absolute atomic E-state index is 0.135. The van der Waals surface area contributed by atoms with Crippen LogP contribution in [0.4, 0.5) is 27.4 Å². The highest BCUT2D eigenvalue weighted by Crippen LogP contribution is 2.25. The first-order chi connectivity index (χ1) is 10.0. The van der Waals surface area contributed by atoms with Gasteiger partial charge in [0.25, 0.3) is 5.69 Å². The lowest BCUT2D eigenvalue weighted by molar-refractivity contribution is -0.384. The molecule has 7 nitrogen and oxygen atoms in total. The standard InChI is InChI=1S/C13H10FN5O2/c1-16-12-5-8(19(20)21)6-13(18-12)17-11-4-2-3-10(14)9(11)7-15/h2-6H,1H3,(H2,16,17,18). The fraction of sp³-hybridized carbons (Fsp3) is 0.0769. The molecule has 0 spiro atoms. The maximum Gasteiger partial charge on any atom is 0.276 e. The molecule has 0 amide bonds. The Bertz CT molecular complexity index is 742. The van der Waals surface area contributed by atoms with Crippen LogP contribution in [-0.2, 0) is 0 Å². The number of nitro groups is 1. The number of nitrogens with one attached hydrogen (secondary N) is 2. The van der Waals surface area contributed by atoms with Crippen molar-refractivity contribution in [3.8, 4) is 6.07 Å². The maximum absolute atomic E-state index is 13.5. The number of rotatable bonds is 4. The van der Waals surface area contributed by atoms with Crippen molar-refractivity contribution in [1.82, 2.24) is 4.98 Å². The second kappa shape index (κ2) is 5.83. The molecule has 0 fully saturated rings. The number of benzene rings is 1. The third-order valence-corrected chi connectivity index (χ3v) is 2.67. The van der Waals surface area contributed by atoms with Gasteiger partial charge in [0.05, 0.1) is 22.7 Å². The van der Waals surface area contributed by atoms with Crippen molar-refractivity contribution in [2.75, 3.05) is 17.7 Å². The Hall–Kier alpha value is -3.21. The average Bonchev–Trinajstić information content (AvgIpc) is 2.47. The highest BCUT2D eigenvalue weighted by atomic mass is 19.1. The molecule has 106 valence electrons. The smallest absolute Gasteiger partial charge is 0.276 e. The first kappa shape index (κ1) is 14.2. The van der Waals surface area contributed by atoms with Gasteiger partial charge in [0.15, 0.2) is 0 Å². The van der Waals surface area contributed by atoms with E-state index in [1.165, 1.54) is 24.3 Å². The summed E-state index contributed by atoms with van der Waals surface area (Å²) in [6.45, 7) is 0. The summed E-state index contributed by atoms with van der Waals surface area (Å²) in [5.74, 6) is -0.265. The molecule has 1 aromatic carbocycles. The van der Waals surface area contributed by atoms with Crippen LogP contribution < -0.4 is 10.6 Å². The third-order valence-electron chi connectivity index (χ3n) is 2.67. The average molecular weight is 287 g/mol. The van der Waals surface area contributed by atoms with Gasteiger partial charge in [-0.05, 0) is 12.1 Å². The molecule has 0 radical (unpaired) electrons. The quantitative estimate of drug-likeness (QED) is 0.662. The molecule has 0 unspecified atom stereocenters. The van der Waals surface area contributed by atoms with E-state index in [1.807, 2.05) is 0 Å². The van der Waals surface area contributed by atoms with Gasteiger partial charge in [-0.15, -0.1) is 0 Å². The van der Waals surface area contributed by atoms with Gasteiger partial charge in [0, 0.05) is 7.05 Å². The highest BCUT2D eigenvalue weighted by molar-refractivity contribution is 5.67. The van der Waals surface area contributed by atoms with E-state index in [2.05, 4.69) is 15.6 Å². The molecule has 0 aliphatic carbocycles. The number of hydrogen-bond donors (Lipinski definition) is 2. The van der Waals surface area contributed by atoms with E-state index < -0.39 is 10.7 Å². The van der Waals surface area contributed by atoms with E-state index in [4.69, 9.17) is 5.26 Å². The van der Waals surface area contributed by atoms with Gasteiger partial charge in [0.2, 0.25) is 0 Å². The lowest BCUT2D eigenvalue weighted by Crippen LogP contribution is -2.02. The molecule has 0 saturated heterocycles. The van der Waals surface area contributed by atoms with Crippen LogP contribution in [-0.4, -0.2) is 17.0 Å². The second-order valence-electron chi connectivity index (χ2n) is 4.00. The van der Waals surface area contributed by atoms with Crippen molar-refractivity contribution in [1.29, 1.82) is 5.26 Å². The van der Waals surface area contributed by atoms with Gasteiger partial charge in [-0.3, -0.25) is 10.1 Å².